The minimum Gasteiger partial charge on any atom is -0.488 e. The third kappa shape index (κ3) is 2.41. The minimum atomic E-state index is 0.171. The third-order valence-corrected chi connectivity index (χ3v) is 3.67. The van der Waals surface area contributed by atoms with Crippen molar-refractivity contribution in [2.45, 2.75) is 19.4 Å². The lowest BCUT2D eigenvalue weighted by Crippen LogP contribution is -2.32. The summed E-state index contributed by atoms with van der Waals surface area (Å²) in [5.74, 6) is 1.01. The van der Waals surface area contributed by atoms with E-state index in [1.165, 1.54) is 11.1 Å². The summed E-state index contributed by atoms with van der Waals surface area (Å²) in [6.07, 6.45) is 4.56. The van der Waals surface area contributed by atoms with Crippen LogP contribution < -0.4 is 15.4 Å². The molecule has 0 amide bonds. The van der Waals surface area contributed by atoms with Crippen LogP contribution in [-0.4, -0.2) is 24.7 Å². The number of pyridine rings is 1. The Kier molecular flexibility index (Phi) is 3.22. The summed E-state index contributed by atoms with van der Waals surface area (Å²) in [7, 11) is 2.03. The number of rotatable bonds is 3. The van der Waals surface area contributed by atoms with E-state index in [9.17, 15) is 0 Å². The van der Waals surface area contributed by atoms with Crippen LogP contribution in [0.25, 0.3) is 0 Å². The zero-order valence-corrected chi connectivity index (χ0v) is 11.8. The van der Waals surface area contributed by atoms with E-state index in [1.54, 1.807) is 12.4 Å². The zero-order chi connectivity index (χ0) is 14.1. The van der Waals surface area contributed by atoms with Crippen LogP contribution in [0.4, 0.5) is 11.4 Å². The number of nitrogens with zero attached hydrogens (tertiary/aromatic N) is 2. The van der Waals surface area contributed by atoms with Gasteiger partial charge in [-0.3, -0.25) is 4.98 Å². The molecule has 0 saturated carbocycles. The molecule has 1 aliphatic rings. The van der Waals surface area contributed by atoms with E-state index in [0.717, 1.165) is 24.4 Å². The Morgan fingerprint density at radius 2 is 2.25 bits per heavy atom. The van der Waals surface area contributed by atoms with Gasteiger partial charge in [0.05, 0.1) is 24.1 Å². The summed E-state index contributed by atoms with van der Waals surface area (Å²) in [5.41, 5.74) is 10.2. The molecule has 4 nitrogen and oxygen atoms in total. The van der Waals surface area contributed by atoms with E-state index in [1.807, 2.05) is 13.1 Å². The van der Waals surface area contributed by atoms with Crippen molar-refractivity contribution in [2.75, 3.05) is 24.2 Å². The maximum Gasteiger partial charge on any atom is 0.123 e. The van der Waals surface area contributed by atoms with Gasteiger partial charge in [-0.2, -0.15) is 0 Å². The van der Waals surface area contributed by atoms with Gasteiger partial charge >= 0.3 is 0 Å². The Morgan fingerprint density at radius 3 is 3.05 bits per heavy atom. The number of hydrogen-bond donors (Lipinski definition) is 1. The van der Waals surface area contributed by atoms with Crippen LogP contribution in [0.2, 0.25) is 0 Å². The highest BCUT2D eigenvalue weighted by Crippen LogP contribution is 2.30. The molecule has 0 spiro atoms. The average molecular weight is 269 g/mol. The second-order valence-electron chi connectivity index (χ2n) is 5.37. The molecule has 1 aliphatic heterocycles. The van der Waals surface area contributed by atoms with Crippen LogP contribution in [0.3, 0.4) is 0 Å². The highest BCUT2D eigenvalue weighted by atomic mass is 16.5. The fraction of sp³-hybridized carbons (Fsp3) is 0.312. The minimum absolute atomic E-state index is 0.171. The fourth-order valence-electron chi connectivity index (χ4n) is 2.70. The van der Waals surface area contributed by atoms with Crippen molar-refractivity contribution in [3.05, 3.63) is 47.8 Å². The predicted molar refractivity (Wildman–Crippen MR) is 81.2 cm³/mol. The van der Waals surface area contributed by atoms with E-state index in [-0.39, 0.29) is 6.10 Å². The molecule has 2 heterocycles. The molecule has 0 aliphatic carbocycles. The van der Waals surface area contributed by atoms with Crippen LogP contribution in [0, 0.1) is 6.92 Å². The first-order valence-corrected chi connectivity index (χ1v) is 6.80. The summed E-state index contributed by atoms with van der Waals surface area (Å²) < 4.78 is 6.00. The number of hydrogen-bond acceptors (Lipinski definition) is 4. The quantitative estimate of drug-likeness (QED) is 0.929. The number of nitrogens with two attached hydrogens (primary N) is 1. The Balaban J connectivity index is 1.70. The lowest BCUT2D eigenvalue weighted by Gasteiger charge is -2.23. The molecule has 0 saturated heterocycles. The lowest BCUT2D eigenvalue weighted by molar-refractivity contribution is 0.239. The maximum atomic E-state index is 6.00. The summed E-state index contributed by atoms with van der Waals surface area (Å²) >= 11 is 0. The first-order chi connectivity index (χ1) is 9.63. The first kappa shape index (κ1) is 12.8. The number of nitrogen functional groups attached to an aromatic ring is 1. The number of fused-ring (bicyclic) bond motifs is 1. The van der Waals surface area contributed by atoms with Gasteiger partial charge in [-0.05, 0) is 24.6 Å². The van der Waals surface area contributed by atoms with E-state index in [4.69, 9.17) is 10.5 Å². The fourth-order valence-corrected chi connectivity index (χ4v) is 2.70. The normalized spacial score (nSPS) is 16.6. The highest BCUT2D eigenvalue weighted by Gasteiger charge is 2.24. The van der Waals surface area contributed by atoms with Gasteiger partial charge in [0.15, 0.2) is 0 Å². The van der Waals surface area contributed by atoms with E-state index < -0.39 is 0 Å². The molecule has 1 aromatic heterocycles. The monoisotopic (exact) mass is 269 g/mol. The third-order valence-electron chi connectivity index (χ3n) is 3.67. The van der Waals surface area contributed by atoms with Crippen LogP contribution in [0.15, 0.2) is 36.7 Å². The van der Waals surface area contributed by atoms with Gasteiger partial charge in [0.1, 0.15) is 11.9 Å². The lowest BCUT2D eigenvalue weighted by atomic mass is 10.1. The van der Waals surface area contributed by atoms with E-state index in [2.05, 4.69) is 35.0 Å². The maximum absolute atomic E-state index is 6.00. The molecule has 0 fully saturated rings. The molecule has 0 bridgehead atoms. The summed E-state index contributed by atoms with van der Waals surface area (Å²) in [5, 5.41) is 0. The Bertz CT molecular complexity index is 627. The summed E-state index contributed by atoms with van der Waals surface area (Å²) in [6, 6.07) is 8.29. The molecule has 104 valence electrons. The molecule has 1 atom stereocenters. The number of benzene rings is 1. The predicted octanol–water partition coefficient (Wildman–Crippen LogP) is 2.41. The van der Waals surface area contributed by atoms with Crippen LogP contribution in [-0.2, 0) is 6.42 Å². The number of aromatic nitrogens is 1. The number of anilines is 2. The van der Waals surface area contributed by atoms with Crippen molar-refractivity contribution in [3.8, 4) is 5.75 Å². The Labute approximate surface area is 119 Å². The van der Waals surface area contributed by atoms with Crippen molar-refractivity contribution in [3.63, 3.8) is 0 Å². The highest BCUT2D eigenvalue weighted by molar-refractivity contribution is 5.65. The van der Waals surface area contributed by atoms with Crippen molar-refractivity contribution < 1.29 is 4.74 Å². The van der Waals surface area contributed by atoms with Gasteiger partial charge in [0, 0.05) is 19.7 Å². The van der Waals surface area contributed by atoms with Gasteiger partial charge in [0.25, 0.3) is 0 Å². The second-order valence-corrected chi connectivity index (χ2v) is 5.37. The molecule has 0 radical (unpaired) electrons. The van der Waals surface area contributed by atoms with Gasteiger partial charge in [-0.15, -0.1) is 0 Å². The number of likely N-dealkylation sites (N-methyl/N-ethyl adjacent to an activating group) is 1. The van der Waals surface area contributed by atoms with Crippen molar-refractivity contribution in [1.29, 1.82) is 0 Å². The first-order valence-electron chi connectivity index (χ1n) is 6.80. The van der Waals surface area contributed by atoms with Crippen LogP contribution in [0.1, 0.15) is 11.1 Å². The second kappa shape index (κ2) is 5.04. The van der Waals surface area contributed by atoms with Gasteiger partial charge in [-0.25, -0.2) is 0 Å². The van der Waals surface area contributed by atoms with Gasteiger partial charge < -0.3 is 15.4 Å². The molecule has 20 heavy (non-hydrogen) atoms. The molecular formula is C16H19N3O. The Morgan fingerprint density at radius 1 is 1.40 bits per heavy atom. The Hall–Kier alpha value is -2.23. The molecule has 2 N–H and O–H groups in total. The SMILES string of the molecule is Cc1ccc2c(c1)CC(CN(C)c1ccncc1N)O2. The summed E-state index contributed by atoms with van der Waals surface area (Å²) in [4.78, 5) is 6.14. The van der Waals surface area contributed by atoms with Crippen LogP contribution in [0.5, 0.6) is 5.75 Å². The molecule has 2 aromatic rings. The molecule has 1 unspecified atom stereocenters. The van der Waals surface area contributed by atoms with Crippen molar-refractivity contribution in [2.24, 2.45) is 0 Å². The van der Waals surface area contributed by atoms with E-state index >= 15 is 0 Å². The molecule has 3 rings (SSSR count). The smallest absolute Gasteiger partial charge is 0.123 e. The average Bonchev–Trinajstić information content (AvgIpc) is 2.80. The topological polar surface area (TPSA) is 51.4 Å². The molecular weight excluding hydrogens is 250 g/mol. The number of ether oxygens (including phenoxy) is 1. The molecule has 4 heteroatoms. The van der Waals surface area contributed by atoms with Gasteiger partial charge in [0.2, 0.25) is 0 Å². The zero-order valence-electron chi connectivity index (χ0n) is 11.8. The largest absolute Gasteiger partial charge is 0.488 e. The van der Waals surface area contributed by atoms with Crippen molar-refractivity contribution >= 4 is 11.4 Å². The van der Waals surface area contributed by atoms with Crippen molar-refractivity contribution in [1.82, 2.24) is 4.98 Å². The standard InChI is InChI=1S/C16H19N3O/c1-11-3-4-16-12(7-11)8-13(20-16)10-19(2)15-5-6-18-9-14(15)17/h3-7,9,13H,8,10,17H2,1-2H3. The molecule has 1 aromatic carbocycles. The van der Waals surface area contributed by atoms with E-state index in [0.29, 0.717) is 5.69 Å². The van der Waals surface area contributed by atoms with Gasteiger partial charge in [-0.1, -0.05) is 17.7 Å². The van der Waals surface area contributed by atoms with Crippen LogP contribution >= 0.6 is 0 Å². The summed E-state index contributed by atoms with van der Waals surface area (Å²) in [6.45, 7) is 2.92. The number of aryl methyl sites for hydroxylation is 1.